The maximum Gasteiger partial charge on any atom is 0.221 e. The second-order valence-electron chi connectivity index (χ2n) is 4.29. The second kappa shape index (κ2) is 4.97. The first-order valence-corrected chi connectivity index (χ1v) is 6.14. The van der Waals surface area contributed by atoms with Gasteiger partial charge < -0.3 is 11.5 Å². The van der Waals surface area contributed by atoms with Gasteiger partial charge in [-0.05, 0) is 17.7 Å². The number of nitrogen functional groups attached to an aromatic ring is 2. The Hall–Kier alpha value is -2.95. The molecule has 5 heteroatoms. The molecule has 98 valence electrons. The van der Waals surface area contributed by atoms with Crippen LogP contribution in [0.25, 0.3) is 22.4 Å². The van der Waals surface area contributed by atoms with Gasteiger partial charge in [-0.15, -0.1) is 0 Å². The molecule has 3 rings (SSSR count). The molecule has 0 spiro atoms. The summed E-state index contributed by atoms with van der Waals surface area (Å²) in [6, 6.07) is 13.6. The molecule has 3 aromatic rings. The monoisotopic (exact) mass is 263 g/mol. The minimum Gasteiger partial charge on any atom is -0.383 e. The van der Waals surface area contributed by atoms with Crippen LogP contribution in [0.1, 0.15) is 0 Å². The SMILES string of the molecule is Nc1ncc(-c2ccccc2-c2ccccn2)c(N)n1. The van der Waals surface area contributed by atoms with E-state index in [0.29, 0.717) is 5.82 Å². The first-order chi connectivity index (χ1) is 9.75. The Kier molecular flexibility index (Phi) is 3.01. The van der Waals surface area contributed by atoms with E-state index in [2.05, 4.69) is 15.0 Å². The summed E-state index contributed by atoms with van der Waals surface area (Å²) in [6.07, 6.45) is 3.40. The van der Waals surface area contributed by atoms with E-state index in [1.165, 1.54) is 0 Å². The Bertz CT molecular complexity index is 740. The van der Waals surface area contributed by atoms with Crippen LogP contribution in [-0.4, -0.2) is 15.0 Å². The van der Waals surface area contributed by atoms with E-state index in [1.807, 2.05) is 42.5 Å². The quantitative estimate of drug-likeness (QED) is 0.740. The van der Waals surface area contributed by atoms with Crippen molar-refractivity contribution >= 4 is 11.8 Å². The third kappa shape index (κ3) is 2.16. The van der Waals surface area contributed by atoms with Crippen LogP contribution in [0.3, 0.4) is 0 Å². The highest BCUT2D eigenvalue weighted by atomic mass is 15.0. The van der Waals surface area contributed by atoms with Crippen molar-refractivity contribution < 1.29 is 0 Å². The number of aromatic nitrogens is 3. The van der Waals surface area contributed by atoms with Crippen LogP contribution >= 0.6 is 0 Å². The van der Waals surface area contributed by atoms with Crippen molar-refractivity contribution in [2.75, 3.05) is 11.5 Å². The van der Waals surface area contributed by atoms with E-state index in [9.17, 15) is 0 Å². The lowest BCUT2D eigenvalue weighted by atomic mass is 9.99. The predicted octanol–water partition coefficient (Wildman–Crippen LogP) is 2.37. The van der Waals surface area contributed by atoms with Gasteiger partial charge in [0.15, 0.2) is 0 Å². The van der Waals surface area contributed by atoms with Crippen molar-refractivity contribution in [2.45, 2.75) is 0 Å². The zero-order valence-corrected chi connectivity index (χ0v) is 10.7. The molecular formula is C15H13N5. The van der Waals surface area contributed by atoms with Crippen LogP contribution in [0.15, 0.2) is 54.9 Å². The maximum atomic E-state index is 5.95. The van der Waals surface area contributed by atoms with Gasteiger partial charge in [-0.2, -0.15) is 4.98 Å². The third-order valence-electron chi connectivity index (χ3n) is 2.99. The summed E-state index contributed by atoms with van der Waals surface area (Å²) < 4.78 is 0. The fourth-order valence-electron chi connectivity index (χ4n) is 2.08. The van der Waals surface area contributed by atoms with E-state index in [0.717, 1.165) is 22.4 Å². The Morgan fingerprint density at radius 1 is 0.750 bits per heavy atom. The van der Waals surface area contributed by atoms with Gasteiger partial charge in [0.2, 0.25) is 5.95 Å². The summed E-state index contributed by atoms with van der Waals surface area (Å²) in [4.78, 5) is 12.4. The molecule has 5 nitrogen and oxygen atoms in total. The van der Waals surface area contributed by atoms with E-state index in [1.54, 1.807) is 12.4 Å². The average molecular weight is 263 g/mol. The number of nitrogens with zero attached hydrogens (tertiary/aromatic N) is 3. The van der Waals surface area contributed by atoms with Crippen LogP contribution in [0.4, 0.5) is 11.8 Å². The predicted molar refractivity (Wildman–Crippen MR) is 79.5 cm³/mol. The summed E-state index contributed by atoms with van der Waals surface area (Å²) in [7, 11) is 0. The highest BCUT2D eigenvalue weighted by Gasteiger charge is 2.11. The molecule has 0 aliphatic carbocycles. The average Bonchev–Trinajstić information content (AvgIpc) is 2.48. The summed E-state index contributed by atoms with van der Waals surface area (Å²) >= 11 is 0. The lowest BCUT2D eigenvalue weighted by Crippen LogP contribution is -2.01. The minimum atomic E-state index is 0.168. The van der Waals surface area contributed by atoms with Gasteiger partial charge in [0.25, 0.3) is 0 Å². The first kappa shape index (κ1) is 12.1. The Morgan fingerprint density at radius 2 is 1.50 bits per heavy atom. The third-order valence-corrected chi connectivity index (χ3v) is 2.99. The second-order valence-corrected chi connectivity index (χ2v) is 4.29. The fraction of sp³-hybridized carbons (Fsp3) is 0. The van der Waals surface area contributed by atoms with Crippen LogP contribution in [-0.2, 0) is 0 Å². The molecule has 0 radical (unpaired) electrons. The van der Waals surface area contributed by atoms with Gasteiger partial charge in [0.05, 0.1) is 5.69 Å². The molecule has 0 atom stereocenters. The zero-order chi connectivity index (χ0) is 13.9. The Labute approximate surface area is 116 Å². The van der Waals surface area contributed by atoms with Gasteiger partial charge in [-0.1, -0.05) is 30.3 Å². The molecule has 0 fully saturated rings. The molecule has 2 aromatic heterocycles. The molecule has 0 saturated carbocycles. The van der Waals surface area contributed by atoms with Gasteiger partial charge in [-0.25, -0.2) is 4.98 Å². The van der Waals surface area contributed by atoms with Gasteiger partial charge >= 0.3 is 0 Å². The molecular weight excluding hydrogens is 250 g/mol. The Balaban J connectivity index is 2.20. The molecule has 0 bridgehead atoms. The molecule has 0 unspecified atom stereocenters. The molecule has 20 heavy (non-hydrogen) atoms. The number of nitrogens with two attached hydrogens (primary N) is 2. The summed E-state index contributed by atoms with van der Waals surface area (Å²) in [6.45, 7) is 0. The first-order valence-electron chi connectivity index (χ1n) is 6.14. The van der Waals surface area contributed by atoms with E-state index in [-0.39, 0.29) is 5.95 Å². The molecule has 4 N–H and O–H groups in total. The molecule has 0 aliphatic rings. The van der Waals surface area contributed by atoms with Crippen molar-refractivity contribution in [3.05, 3.63) is 54.9 Å². The molecule has 0 aliphatic heterocycles. The standard InChI is InChI=1S/C15H13N5/c16-14-12(9-19-15(17)20-14)10-5-1-2-6-11(10)13-7-3-4-8-18-13/h1-9H,(H4,16,17,19,20). The van der Waals surface area contributed by atoms with Crippen molar-refractivity contribution in [3.63, 3.8) is 0 Å². The summed E-state index contributed by atoms with van der Waals surface area (Å²) in [5.41, 5.74) is 15.0. The molecule has 2 heterocycles. The van der Waals surface area contributed by atoms with Gasteiger partial charge in [-0.3, -0.25) is 4.98 Å². The van der Waals surface area contributed by atoms with Crippen LogP contribution < -0.4 is 11.5 Å². The van der Waals surface area contributed by atoms with Crippen molar-refractivity contribution in [3.8, 4) is 22.4 Å². The normalized spacial score (nSPS) is 10.4. The minimum absolute atomic E-state index is 0.168. The fourth-order valence-corrected chi connectivity index (χ4v) is 2.08. The van der Waals surface area contributed by atoms with E-state index in [4.69, 9.17) is 11.5 Å². The number of anilines is 2. The molecule has 1 aromatic carbocycles. The molecule has 0 saturated heterocycles. The lowest BCUT2D eigenvalue weighted by Gasteiger charge is -2.10. The molecule has 0 amide bonds. The number of rotatable bonds is 2. The van der Waals surface area contributed by atoms with Crippen molar-refractivity contribution in [1.82, 2.24) is 15.0 Å². The van der Waals surface area contributed by atoms with Gasteiger partial charge in [0.1, 0.15) is 5.82 Å². The highest BCUT2D eigenvalue weighted by molar-refractivity contribution is 5.86. The number of hydrogen-bond acceptors (Lipinski definition) is 5. The van der Waals surface area contributed by atoms with E-state index >= 15 is 0 Å². The maximum absolute atomic E-state index is 5.95. The number of pyridine rings is 1. The van der Waals surface area contributed by atoms with Crippen LogP contribution in [0.5, 0.6) is 0 Å². The zero-order valence-electron chi connectivity index (χ0n) is 10.7. The Morgan fingerprint density at radius 3 is 2.20 bits per heavy atom. The highest BCUT2D eigenvalue weighted by Crippen LogP contribution is 2.32. The van der Waals surface area contributed by atoms with Crippen molar-refractivity contribution in [2.24, 2.45) is 0 Å². The van der Waals surface area contributed by atoms with Crippen molar-refractivity contribution in [1.29, 1.82) is 0 Å². The summed E-state index contributed by atoms with van der Waals surface area (Å²) in [5, 5.41) is 0. The van der Waals surface area contributed by atoms with Crippen LogP contribution in [0, 0.1) is 0 Å². The number of hydrogen-bond donors (Lipinski definition) is 2. The number of benzene rings is 1. The van der Waals surface area contributed by atoms with Gasteiger partial charge in [0, 0.05) is 23.5 Å². The summed E-state index contributed by atoms with van der Waals surface area (Å²) in [5.74, 6) is 0.530. The smallest absolute Gasteiger partial charge is 0.221 e. The lowest BCUT2D eigenvalue weighted by molar-refractivity contribution is 1.20. The topological polar surface area (TPSA) is 90.7 Å². The largest absolute Gasteiger partial charge is 0.383 e. The van der Waals surface area contributed by atoms with E-state index < -0.39 is 0 Å². The van der Waals surface area contributed by atoms with Crippen LogP contribution in [0.2, 0.25) is 0 Å².